The van der Waals surface area contributed by atoms with Gasteiger partial charge in [-0.05, 0) is 24.1 Å². The van der Waals surface area contributed by atoms with Gasteiger partial charge in [0.15, 0.2) is 0 Å². The largest absolute Gasteiger partial charge is 0.478 e. The number of rotatable bonds is 3. The van der Waals surface area contributed by atoms with Gasteiger partial charge in [-0.25, -0.2) is 4.79 Å². The lowest BCUT2D eigenvalue weighted by atomic mass is 10.1. The summed E-state index contributed by atoms with van der Waals surface area (Å²) in [5.41, 5.74) is 0.962. The van der Waals surface area contributed by atoms with E-state index in [4.69, 9.17) is 5.11 Å². The number of carbonyl (C=O) groups excluding carboxylic acids is 2. The maximum Gasteiger partial charge on any atom is 0.335 e. The van der Waals surface area contributed by atoms with Gasteiger partial charge in [-0.15, -0.1) is 0 Å². The standard InChI is InChI=1S/C13H11NO4/c15-11-9-5-10(9)12(16)14(11)6-7-1-3-8(4-2-7)13(17)18/h1-4,9-10H,5-6H2,(H,17,18). The first kappa shape index (κ1) is 11.0. The molecule has 5 heteroatoms. The second-order valence-corrected chi connectivity index (χ2v) is 4.71. The van der Waals surface area contributed by atoms with Gasteiger partial charge in [-0.3, -0.25) is 14.5 Å². The number of likely N-dealkylation sites (tertiary alicyclic amines) is 1. The fraction of sp³-hybridized carbons (Fsp3) is 0.308. The summed E-state index contributed by atoms with van der Waals surface area (Å²) in [6, 6.07) is 6.22. The topological polar surface area (TPSA) is 74.7 Å². The number of carboxylic acid groups (broad SMARTS) is 1. The number of nitrogens with zero attached hydrogens (tertiary/aromatic N) is 1. The Bertz CT molecular complexity index is 529. The fourth-order valence-corrected chi connectivity index (χ4v) is 2.34. The number of carbonyl (C=O) groups is 3. The van der Waals surface area contributed by atoms with E-state index < -0.39 is 5.97 Å². The summed E-state index contributed by atoms with van der Waals surface area (Å²) in [6.07, 6.45) is 0.701. The number of fused-ring (bicyclic) bond motifs is 1. The first-order chi connectivity index (χ1) is 8.58. The Hall–Kier alpha value is -2.17. The molecule has 18 heavy (non-hydrogen) atoms. The molecule has 92 valence electrons. The highest BCUT2D eigenvalue weighted by molar-refractivity contribution is 6.08. The Balaban J connectivity index is 1.75. The van der Waals surface area contributed by atoms with Crippen molar-refractivity contribution in [1.82, 2.24) is 4.90 Å². The van der Waals surface area contributed by atoms with Crippen molar-refractivity contribution in [2.24, 2.45) is 11.8 Å². The first-order valence-electron chi connectivity index (χ1n) is 5.75. The molecule has 3 rings (SSSR count). The molecule has 2 fully saturated rings. The summed E-state index contributed by atoms with van der Waals surface area (Å²) in [6.45, 7) is 0.241. The molecule has 1 saturated heterocycles. The summed E-state index contributed by atoms with van der Waals surface area (Å²) >= 11 is 0. The van der Waals surface area contributed by atoms with Crippen LogP contribution in [0.15, 0.2) is 24.3 Å². The molecule has 1 N–H and O–H groups in total. The quantitative estimate of drug-likeness (QED) is 0.802. The number of aromatic carboxylic acids is 1. The van der Waals surface area contributed by atoms with E-state index in [1.807, 2.05) is 0 Å². The number of benzene rings is 1. The SMILES string of the molecule is O=C(O)c1ccc(CN2C(=O)C3CC3C2=O)cc1. The predicted molar refractivity (Wildman–Crippen MR) is 60.6 cm³/mol. The van der Waals surface area contributed by atoms with E-state index in [0.717, 1.165) is 5.56 Å². The summed E-state index contributed by atoms with van der Waals surface area (Å²) in [7, 11) is 0. The summed E-state index contributed by atoms with van der Waals surface area (Å²) < 4.78 is 0. The van der Waals surface area contributed by atoms with Gasteiger partial charge in [0.2, 0.25) is 11.8 Å². The van der Waals surface area contributed by atoms with Gasteiger partial charge in [0.25, 0.3) is 0 Å². The smallest absolute Gasteiger partial charge is 0.335 e. The molecule has 2 aliphatic rings. The molecule has 5 nitrogen and oxygen atoms in total. The zero-order chi connectivity index (χ0) is 12.9. The van der Waals surface area contributed by atoms with E-state index in [-0.39, 0.29) is 35.8 Å². The average Bonchev–Trinajstić information content (AvgIpc) is 3.10. The van der Waals surface area contributed by atoms with Crippen LogP contribution in [0.5, 0.6) is 0 Å². The second-order valence-electron chi connectivity index (χ2n) is 4.71. The van der Waals surface area contributed by atoms with Crippen molar-refractivity contribution in [2.45, 2.75) is 13.0 Å². The average molecular weight is 245 g/mol. The van der Waals surface area contributed by atoms with Gasteiger partial charge < -0.3 is 5.11 Å². The molecule has 2 unspecified atom stereocenters. The zero-order valence-electron chi connectivity index (χ0n) is 9.50. The second kappa shape index (κ2) is 3.66. The van der Waals surface area contributed by atoms with E-state index in [1.54, 1.807) is 12.1 Å². The Morgan fingerprint density at radius 3 is 2.22 bits per heavy atom. The molecule has 1 aliphatic carbocycles. The highest BCUT2D eigenvalue weighted by Crippen LogP contribution is 2.47. The van der Waals surface area contributed by atoms with E-state index in [1.165, 1.54) is 17.0 Å². The van der Waals surface area contributed by atoms with Crippen molar-refractivity contribution in [2.75, 3.05) is 0 Å². The molecular formula is C13H11NO4. The van der Waals surface area contributed by atoms with Crippen LogP contribution in [0, 0.1) is 11.8 Å². The van der Waals surface area contributed by atoms with Crippen LogP contribution in [0.4, 0.5) is 0 Å². The minimum absolute atomic E-state index is 0.0872. The Labute approximate surface area is 103 Å². The number of piperidine rings is 1. The van der Waals surface area contributed by atoms with Crippen LogP contribution in [0.25, 0.3) is 0 Å². The highest BCUT2D eigenvalue weighted by atomic mass is 16.4. The summed E-state index contributed by atoms with van der Waals surface area (Å²) in [5, 5.41) is 8.77. The van der Waals surface area contributed by atoms with Gasteiger partial charge in [-0.1, -0.05) is 12.1 Å². The minimum atomic E-state index is -0.990. The van der Waals surface area contributed by atoms with Crippen LogP contribution >= 0.6 is 0 Å². The van der Waals surface area contributed by atoms with Crippen molar-refractivity contribution < 1.29 is 19.5 Å². The van der Waals surface area contributed by atoms with Gasteiger partial charge >= 0.3 is 5.97 Å². The maximum atomic E-state index is 11.7. The number of hydrogen-bond acceptors (Lipinski definition) is 3. The number of carboxylic acids is 1. The van der Waals surface area contributed by atoms with E-state index >= 15 is 0 Å². The number of hydrogen-bond donors (Lipinski definition) is 1. The Morgan fingerprint density at radius 2 is 1.72 bits per heavy atom. The van der Waals surface area contributed by atoms with Crippen molar-refractivity contribution >= 4 is 17.8 Å². The molecule has 1 aromatic rings. The lowest BCUT2D eigenvalue weighted by molar-refractivity contribution is -0.142. The minimum Gasteiger partial charge on any atom is -0.478 e. The molecule has 1 aliphatic heterocycles. The molecule has 1 aromatic carbocycles. The van der Waals surface area contributed by atoms with Gasteiger partial charge in [0.1, 0.15) is 0 Å². The van der Waals surface area contributed by atoms with E-state index in [0.29, 0.717) is 6.42 Å². The molecule has 1 heterocycles. The van der Waals surface area contributed by atoms with Crippen LogP contribution in [-0.4, -0.2) is 27.8 Å². The lowest BCUT2D eigenvalue weighted by Crippen LogP contribution is -2.32. The monoisotopic (exact) mass is 245 g/mol. The predicted octanol–water partition coefficient (Wildman–Crippen LogP) is 0.890. The fourth-order valence-electron chi connectivity index (χ4n) is 2.34. The molecular weight excluding hydrogens is 234 g/mol. The van der Waals surface area contributed by atoms with Crippen LogP contribution in [0.1, 0.15) is 22.3 Å². The highest BCUT2D eigenvalue weighted by Gasteiger charge is 2.58. The number of imide groups is 1. The third-order valence-corrected chi connectivity index (χ3v) is 3.50. The Kier molecular flexibility index (Phi) is 2.23. The molecule has 0 spiro atoms. The van der Waals surface area contributed by atoms with Crippen molar-refractivity contribution in [3.8, 4) is 0 Å². The first-order valence-corrected chi connectivity index (χ1v) is 5.75. The normalized spacial score (nSPS) is 25.2. The van der Waals surface area contributed by atoms with Crippen molar-refractivity contribution in [1.29, 1.82) is 0 Å². The van der Waals surface area contributed by atoms with E-state index in [2.05, 4.69) is 0 Å². The van der Waals surface area contributed by atoms with Crippen LogP contribution < -0.4 is 0 Å². The molecule has 0 aromatic heterocycles. The third-order valence-electron chi connectivity index (χ3n) is 3.50. The van der Waals surface area contributed by atoms with Crippen LogP contribution in [0.3, 0.4) is 0 Å². The van der Waals surface area contributed by atoms with Crippen molar-refractivity contribution in [3.05, 3.63) is 35.4 Å². The van der Waals surface area contributed by atoms with Gasteiger partial charge in [0.05, 0.1) is 23.9 Å². The van der Waals surface area contributed by atoms with Crippen molar-refractivity contribution in [3.63, 3.8) is 0 Å². The molecule has 0 radical (unpaired) electrons. The summed E-state index contributed by atoms with van der Waals surface area (Å²) in [4.78, 5) is 35.5. The zero-order valence-corrected chi connectivity index (χ0v) is 9.50. The van der Waals surface area contributed by atoms with Crippen LogP contribution in [-0.2, 0) is 16.1 Å². The Morgan fingerprint density at radius 1 is 1.17 bits per heavy atom. The molecule has 0 bridgehead atoms. The molecule has 2 amide bonds. The molecule has 2 atom stereocenters. The van der Waals surface area contributed by atoms with Gasteiger partial charge in [-0.2, -0.15) is 0 Å². The third kappa shape index (κ3) is 1.59. The maximum absolute atomic E-state index is 11.7. The van der Waals surface area contributed by atoms with Gasteiger partial charge in [0, 0.05) is 0 Å². The number of amides is 2. The van der Waals surface area contributed by atoms with Crippen LogP contribution in [0.2, 0.25) is 0 Å². The lowest BCUT2D eigenvalue weighted by Gasteiger charge is -2.16. The molecule has 1 saturated carbocycles. The van der Waals surface area contributed by atoms with E-state index in [9.17, 15) is 14.4 Å². The summed E-state index contributed by atoms with van der Waals surface area (Å²) in [5.74, 6) is -1.35.